The first kappa shape index (κ1) is 11.1. The van der Waals surface area contributed by atoms with Crippen LogP contribution in [0.4, 0.5) is 0 Å². The SMILES string of the molecule is Cc1ccc(C)c(C(=O)c2ccoc2Br)c1. The molecular weight excluding hydrogens is 268 g/mol. The van der Waals surface area contributed by atoms with E-state index in [-0.39, 0.29) is 5.78 Å². The van der Waals surface area contributed by atoms with Crippen molar-refractivity contribution in [2.75, 3.05) is 0 Å². The van der Waals surface area contributed by atoms with Gasteiger partial charge in [0, 0.05) is 5.56 Å². The van der Waals surface area contributed by atoms with Crippen molar-refractivity contribution in [1.82, 2.24) is 0 Å². The number of furan rings is 1. The Morgan fingerprint density at radius 1 is 1.19 bits per heavy atom. The van der Waals surface area contributed by atoms with Gasteiger partial charge in [0.05, 0.1) is 11.8 Å². The molecule has 0 bridgehead atoms. The molecule has 1 aromatic heterocycles. The lowest BCUT2D eigenvalue weighted by atomic mass is 9.99. The van der Waals surface area contributed by atoms with Crippen molar-refractivity contribution in [2.24, 2.45) is 0 Å². The largest absolute Gasteiger partial charge is 0.457 e. The van der Waals surface area contributed by atoms with Crippen molar-refractivity contribution in [3.63, 3.8) is 0 Å². The number of rotatable bonds is 2. The molecule has 0 N–H and O–H groups in total. The molecule has 0 saturated heterocycles. The maximum absolute atomic E-state index is 12.2. The number of hydrogen-bond acceptors (Lipinski definition) is 2. The van der Waals surface area contributed by atoms with Crippen LogP contribution in [0.15, 0.2) is 39.6 Å². The van der Waals surface area contributed by atoms with E-state index in [1.165, 1.54) is 6.26 Å². The zero-order chi connectivity index (χ0) is 11.7. The van der Waals surface area contributed by atoms with Crippen LogP contribution in [0.3, 0.4) is 0 Å². The number of benzene rings is 1. The van der Waals surface area contributed by atoms with Crippen LogP contribution in [-0.2, 0) is 0 Å². The van der Waals surface area contributed by atoms with Gasteiger partial charge in [-0.2, -0.15) is 0 Å². The van der Waals surface area contributed by atoms with Gasteiger partial charge in [0.2, 0.25) is 0 Å². The lowest BCUT2D eigenvalue weighted by Crippen LogP contribution is -2.03. The van der Waals surface area contributed by atoms with E-state index < -0.39 is 0 Å². The van der Waals surface area contributed by atoms with E-state index in [9.17, 15) is 4.79 Å². The molecule has 2 nitrogen and oxygen atoms in total. The molecule has 2 aromatic rings. The predicted molar refractivity (Wildman–Crippen MR) is 65.8 cm³/mol. The second-order valence-corrected chi connectivity index (χ2v) is 4.48. The molecule has 0 radical (unpaired) electrons. The van der Waals surface area contributed by atoms with E-state index in [2.05, 4.69) is 15.9 Å². The number of hydrogen-bond donors (Lipinski definition) is 0. The smallest absolute Gasteiger partial charge is 0.197 e. The van der Waals surface area contributed by atoms with Crippen LogP contribution in [0.25, 0.3) is 0 Å². The van der Waals surface area contributed by atoms with Crippen LogP contribution < -0.4 is 0 Å². The Bertz CT molecular complexity index is 541. The van der Waals surface area contributed by atoms with Gasteiger partial charge in [0.25, 0.3) is 0 Å². The number of aryl methyl sites for hydroxylation is 2. The zero-order valence-corrected chi connectivity index (χ0v) is 10.7. The number of carbonyl (C=O) groups excluding carboxylic acids is 1. The Morgan fingerprint density at radius 3 is 2.56 bits per heavy atom. The van der Waals surface area contributed by atoms with Crippen LogP contribution in [0, 0.1) is 13.8 Å². The molecule has 3 heteroatoms. The highest BCUT2D eigenvalue weighted by Crippen LogP contribution is 2.23. The molecule has 0 aliphatic carbocycles. The third-order valence-corrected chi connectivity index (χ3v) is 3.11. The van der Waals surface area contributed by atoms with Crippen molar-refractivity contribution in [1.29, 1.82) is 0 Å². The summed E-state index contributed by atoms with van der Waals surface area (Å²) in [6.45, 7) is 3.90. The van der Waals surface area contributed by atoms with Gasteiger partial charge in [-0.15, -0.1) is 0 Å². The first-order valence-corrected chi connectivity index (χ1v) is 5.74. The average molecular weight is 279 g/mol. The first-order chi connectivity index (χ1) is 7.59. The van der Waals surface area contributed by atoms with Gasteiger partial charge in [-0.25, -0.2) is 0 Å². The van der Waals surface area contributed by atoms with Crippen molar-refractivity contribution in [3.8, 4) is 0 Å². The summed E-state index contributed by atoms with van der Waals surface area (Å²) in [6, 6.07) is 7.53. The van der Waals surface area contributed by atoms with Crippen LogP contribution in [0.2, 0.25) is 0 Å². The molecule has 0 fully saturated rings. The quantitative estimate of drug-likeness (QED) is 0.781. The van der Waals surface area contributed by atoms with Gasteiger partial charge >= 0.3 is 0 Å². The van der Waals surface area contributed by atoms with Gasteiger partial charge in [-0.3, -0.25) is 4.79 Å². The normalized spacial score (nSPS) is 10.4. The summed E-state index contributed by atoms with van der Waals surface area (Å²) in [5.74, 6) is -0.0122. The lowest BCUT2D eigenvalue weighted by Gasteiger charge is -2.04. The molecule has 1 heterocycles. The first-order valence-electron chi connectivity index (χ1n) is 4.94. The number of halogens is 1. The maximum Gasteiger partial charge on any atom is 0.197 e. The molecule has 0 aliphatic rings. The third-order valence-electron chi connectivity index (χ3n) is 2.50. The Balaban J connectivity index is 2.49. The highest BCUT2D eigenvalue weighted by Gasteiger charge is 2.16. The summed E-state index contributed by atoms with van der Waals surface area (Å²) in [4.78, 5) is 12.2. The van der Waals surface area contributed by atoms with Gasteiger partial charge in [-0.05, 0) is 47.5 Å². The highest BCUT2D eigenvalue weighted by atomic mass is 79.9. The summed E-state index contributed by atoms with van der Waals surface area (Å²) in [6.07, 6.45) is 1.50. The molecule has 1 aromatic carbocycles. The maximum atomic E-state index is 12.2. The second kappa shape index (κ2) is 4.26. The topological polar surface area (TPSA) is 30.2 Å². The molecule has 0 atom stereocenters. The van der Waals surface area contributed by atoms with Crippen LogP contribution >= 0.6 is 15.9 Å². The summed E-state index contributed by atoms with van der Waals surface area (Å²) in [5, 5.41) is 0. The number of carbonyl (C=O) groups is 1. The van der Waals surface area contributed by atoms with Crippen molar-refractivity contribution in [3.05, 3.63) is 57.5 Å². The van der Waals surface area contributed by atoms with Gasteiger partial charge < -0.3 is 4.42 Å². The van der Waals surface area contributed by atoms with Crippen LogP contribution in [0.1, 0.15) is 27.0 Å². The molecule has 0 spiro atoms. The third kappa shape index (κ3) is 1.95. The minimum absolute atomic E-state index is 0.0122. The Labute approximate surface area is 102 Å². The molecule has 0 unspecified atom stereocenters. The molecule has 0 saturated carbocycles. The van der Waals surface area contributed by atoms with Crippen LogP contribution in [0.5, 0.6) is 0 Å². The van der Waals surface area contributed by atoms with E-state index in [0.717, 1.165) is 16.7 Å². The van der Waals surface area contributed by atoms with Crippen molar-refractivity contribution >= 4 is 21.7 Å². The van der Waals surface area contributed by atoms with Gasteiger partial charge in [0.15, 0.2) is 10.5 Å². The predicted octanol–water partition coefficient (Wildman–Crippen LogP) is 3.89. The van der Waals surface area contributed by atoms with Gasteiger partial charge in [0.1, 0.15) is 0 Å². The Hall–Kier alpha value is -1.35. The monoisotopic (exact) mass is 278 g/mol. The zero-order valence-electron chi connectivity index (χ0n) is 9.08. The molecular formula is C13H11BrO2. The second-order valence-electron chi connectivity index (χ2n) is 3.76. The van der Waals surface area contributed by atoms with Crippen LogP contribution in [-0.4, -0.2) is 5.78 Å². The minimum atomic E-state index is -0.0122. The summed E-state index contributed by atoms with van der Waals surface area (Å²) >= 11 is 3.22. The van der Waals surface area contributed by atoms with E-state index in [1.807, 2.05) is 32.0 Å². The molecule has 82 valence electrons. The van der Waals surface area contributed by atoms with E-state index in [1.54, 1.807) is 6.07 Å². The standard InChI is InChI=1S/C13H11BrO2/c1-8-3-4-9(2)11(7-8)12(15)10-5-6-16-13(10)14/h3-7H,1-2H3. The van der Waals surface area contributed by atoms with Crippen molar-refractivity contribution in [2.45, 2.75) is 13.8 Å². The van der Waals surface area contributed by atoms with E-state index in [4.69, 9.17) is 4.42 Å². The fourth-order valence-electron chi connectivity index (χ4n) is 1.58. The molecule has 0 aliphatic heterocycles. The molecule has 16 heavy (non-hydrogen) atoms. The van der Waals surface area contributed by atoms with Gasteiger partial charge in [-0.1, -0.05) is 17.7 Å². The molecule has 0 amide bonds. The molecule has 2 rings (SSSR count). The average Bonchev–Trinajstić information content (AvgIpc) is 2.67. The fourth-order valence-corrected chi connectivity index (χ4v) is 2.00. The van der Waals surface area contributed by atoms with Crippen molar-refractivity contribution < 1.29 is 9.21 Å². The minimum Gasteiger partial charge on any atom is -0.457 e. The fraction of sp³-hybridized carbons (Fsp3) is 0.154. The summed E-state index contributed by atoms with van der Waals surface area (Å²) in [7, 11) is 0. The van der Waals surface area contributed by atoms with E-state index in [0.29, 0.717) is 10.2 Å². The lowest BCUT2D eigenvalue weighted by molar-refractivity contribution is 0.103. The summed E-state index contributed by atoms with van der Waals surface area (Å²) in [5.41, 5.74) is 3.34. The van der Waals surface area contributed by atoms with E-state index >= 15 is 0 Å². The number of ketones is 1. The summed E-state index contributed by atoms with van der Waals surface area (Å²) < 4.78 is 5.56. The Kier molecular flexibility index (Phi) is 2.97. The highest BCUT2D eigenvalue weighted by molar-refractivity contribution is 9.10. The Morgan fingerprint density at radius 2 is 1.94 bits per heavy atom.